The van der Waals surface area contributed by atoms with Crippen molar-refractivity contribution in [2.75, 3.05) is 7.11 Å². The summed E-state index contributed by atoms with van der Waals surface area (Å²) in [7, 11) is 1.56. The molecule has 1 aromatic heterocycles. The maximum atomic E-state index is 13.5. The number of aliphatic carboxylic acids is 1. The Morgan fingerprint density at radius 1 is 1.00 bits per heavy atom. The summed E-state index contributed by atoms with van der Waals surface area (Å²) in [6.07, 6.45) is 5.80. The molecule has 1 fully saturated rings. The number of carboxylic acid groups (broad SMARTS) is 1. The first-order valence-electron chi connectivity index (χ1n) is 10.4. The fourth-order valence-corrected chi connectivity index (χ4v) is 4.78. The Morgan fingerprint density at radius 3 is 2.31 bits per heavy atom. The maximum Gasteiger partial charge on any atom is 1.00 e. The number of nitrogens with zero attached hydrogens (tertiary/aromatic N) is 2. The Labute approximate surface area is 213 Å². The van der Waals surface area contributed by atoms with Crippen molar-refractivity contribution in [1.82, 2.24) is 8.75 Å². The number of carboxylic acids is 1. The zero-order valence-electron chi connectivity index (χ0n) is 18.3. The number of aromatic nitrogens is 2. The third-order valence-corrected chi connectivity index (χ3v) is 6.45. The molecule has 160 valence electrons. The molecule has 4 rings (SSSR count). The number of benzene rings is 2. The van der Waals surface area contributed by atoms with Crippen molar-refractivity contribution in [3.63, 3.8) is 0 Å². The molecule has 1 aliphatic rings. The summed E-state index contributed by atoms with van der Waals surface area (Å²) >= 11 is 1.07. The molecule has 0 bridgehead atoms. The van der Waals surface area contributed by atoms with Gasteiger partial charge in [0.05, 0.1) is 24.8 Å². The molecule has 1 heterocycles. The Balaban J connectivity index is 0.00000289. The number of ketones is 1. The molecular formula is C24H23N2NaO4S. The Bertz CT molecular complexity index is 1130. The molecule has 0 saturated heterocycles. The normalized spacial score (nSPS) is 15.0. The fourth-order valence-electron chi connectivity index (χ4n) is 4.26. The average Bonchev–Trinajstić information content (AvgIpc) is 3.27. The van der Waals surface area contributed by atoms with Gasteiger partial charge in [-0.05, 0) is 54.3 Å². The van der Waals surface area contributed by atoms with Gasteiger partial charge in [0.25, 0.3) is 0 Å². The molecule has 0 spiro atoms. The number of hydrogen-bond acceptors (Lipinski definition) is 7. The first kappa shape index (κ1) is 24.6. The third-order valence-electron chi connectivity index (χ3n) is 5.89. The number of carbonyl (C=O) groups is 2. The van der Waals surface area contributed by atoms with Crippen LogP contribution in [0.1, 0.15) is 54.4 Å². The maximum absolute atomic E-state index is 13.5. The quantitative estimate of drug-likeness (QED) is 0.299. The molecule has 3 aromatic rings. The molecule has 0 atom stereocenters. The van der Waals surface area contributed by atoms with E-state index in [-0.39, 0.29) is 46.8 Å². The van der Waals surface area contributed by atoms with Crippen molar-refractivity contribution in [1.29, 1.82) is 0 Å². The molecule has 8 heteroatoms. The van der Waals surface area contributed by atoms with Crippen LogP contribution in [0.4, 0.5) is 0 Å². The van der Waals surface area contributed by atoms with E-state index in [1.807, 2.05) is 0 Å². The van der Waals surface area contributed by atoms with Crippen LogP contribution in [0.2, 0.25) is 0 Å². The number of fused-ring (bicyclic) bond motifs is 1. The Morgan fingerprint density at radius 2 is 1.66 bits per heavy atom. The van der Waals surface area contributed by atoms with Crippen molar-refractivity contribution < 1.29 is 49.0 Å². The van der Waals surface area contributed by atoms with Crippen LogP contribution in [-0.4, -0.2) is 27.6 Å². The van der Waals surface area contributed by atoms with Crippen molar-refractivity contribution in [3.05, 3.63) is 59.2 Å². The third kappa shape index (κ3) is 5.46. The predicted octanol–water partition coefficient (Wildman–Crippen LogP) is 1.06. The van der Waals surface area contributed by atoms with Gasteiger partial charge >= 0.3 is 29.6 Å². The molecule has 0 unspecified atom stereocenters. The van der Waals surface area contributed by atoms with Gasteiger partial charge in [0.1, 0.15) is 16.8 Å². The van der Waals surface area contributed by atoms with Crippen molar-refractivity contribution in [2.45, 2.75) is 38.5 Å². The summed E-state index contributed by atoms with van der Waals surface area (Å²) in [5, 5.41) is 12.3. The molecule has 1 saturated carbocycles. The van der Waals surface area contributed by atoms with E-state index in [1.165, 1.54) is 6.42 Å². The number of hydrogen-bond donors (Lipinski definition) is 0. The minimum Gasteiger partial charge on any atom is -0.545 e. The van der Waals surface area contributed by atoms with Crippen molar-refractivity contribution in [2.24, 2.45) is 5.92 Å². The van der Waals surface area contributed by atoms with Gasteiger partial charge in [0, 0.05) is 16.7 Å². The number of carbonyl (C=O) groups excluding carboxylic acids is 2. The van der Waals surface area contributed by atoms with Crippen LogP contribution in [0.15, 0.2) is 48.0 Å². The second kappa shape index (κ2) is 11.2. The zero-order valence-corrected chi connectivity index (χ0v) is 21.1. The van der Waals surface area contributed by atoms with Crippen LogP contribution in [-0.2, 0) is 4.79 Å². The van der Waals surface area contributed by atoms with E-state index in [0.717, 1.165) is 37.4 Å². The summed E-state index contributed by atoms with van der Waals surface area (Å²) in [6.45, 7) is 0. The van der Waals surface area contributed by atoms with E-state index < -0.39 is 5.97 Å². The average molecular weight is 459 g/mol. The van der Waals surface area contributed by atoms with Crippen LogP contribution >= 0.6 is 11.7 Å². The predicted molar refractivity (Wildman–Crippen MR) is 118 cm³/mol. The second-order valence-corrected chi connectivity index (χ2v) is 8.40. The van der Waals surface area contributed by atoms with Gasteiger partial charge in [0.15, 0.2) is 5.78 Å². The smallest absolute Gasteiger partial charge is 0.545 e. The van der Waals surface area contributed by atoms with Gasteiger partial charge in [-0.25, -0.2) is 0 Å². The summed E-state index contributed by atoms with van der Waals surface area (Å²) in [4.78, 5) is 25.9. The summed E-state index contributed by atoms with van der Waals surface area (Å²) in [6, 6.07) is 11.8. The Kier molecular flexibility index (Phi) is 8.59. The summed E-state index contributed by atoms with van der Waals surface area (Å²) in [5.74, 6) is -0.722. The molecule has 0 aliphatic heterocycles. The molecule has 2 aromatic carbocycles. The van der Waals surface area contributed by atoms with Crippen LogP contribution in [0.25, 0.3) is 16.6 Å². The fraction of sp³-hybridized carbons (Fsp3) is 0.333. The summed E-state index contributed by atoms with van der Waals surface area (Å²) in [5.41, 5.74) is 2.40. The van der Waals surface area contributed by atoms with E-state index in [0.29, 0.717) is 39.9 Å². The molecule has 6 nitrogen and oxygen atoms in total. The molecule has 0 N–H and O–H groups in total. The molecule has 0 amide bonds. The first-order valence-corrected chi connectivity index (χ1v) is 11.2. The monoisotopic (exact) mass is 458 g/mol. The number of Topliss-reactive ketones (excluding diaryl/α,β-unsaturated/α-hetero) is 1. The zero-order chi connectivity index (χ0) is 21.8. The van der Waals surface area contributed by atoms with Gasteiger partial charge < -0.3 is 14.6 Å². The van der Waals surface area contributed by atoms with E-state index in [4.69, 9.17) is 4.74 Å². The minimum atomic E-state index is -1.35. The van der Waals surface area contributed by atoms with E-state index >= 15 is 0 Å². The SMILES string of the molecule is COc1ccc(C(=O)C(CC2CCCCC2)=C(C(=O)[O-])c2ccc3nsnc3c2)cc1.[Na+]. The number of methoxy groups -OCH3 is 1. The number of allylic oxidation sites excluding steroid dienone is 1. The van der Waals surface area contributed by atoms with Gasteiger partial charge in [0.2, 0.25) is 0 Å². The Hall–Kier alpha value is -2.06. The van der Waals surface area contributed by atoms with Crippen LogP contribution in [0.3, 0.4) is 0 Å². The largest absolute Gasteiger partial charge is 1.00 e. The second-order valence-electron chi connectivity index (χ2n) is 7.87. The standard InChI is InChI=1S/C24H24N2O4S.Na/c1-30-18-10-7-16(8-11-18)23(27)19(13-15-5-3-2-4-6-15)22(24(28)29)17-9-12-20-21(14-17)26-31-25-20;/h7-12,14-15H,2-6,13H2,1H3,(H,28,29);/q;+1/p-1. The number of rotatable bonds is 7. The molecule has 0 radical (unpaired) electrons. The van der Waals surface area contributed by atoms with E-state index in [1.54, 1.807) is 49.6 Å². The molecule has 32 heavy (non-hydrogen) atoms. The van der Waals surface area contributed by atoms with Gasteiger partial charge in [-0.1, -0.05) is 38.2 Å². The van der Waals surface area contributed by atoms with E-state index in [2.05, 4.69) is 8.75 Å². The minimum absolute atomic E-state index is 0. The van der Waals surface area contributed by atoms with E-state index in [9.17, 15) is 14.7 Å². The van der Waals surface area contributed by atoms with Gasteiger partial charge in [-0.15, -0.1) is 0 Å². The van der Waals surface area contributed by atoms with Crippen LogP contribution in [0, 0.1) is 5.92 Å². The topological polar surface area (TPSA) is 92.2 Å². The number of ether oxygens (including phenoxy) is 1. The van der Waals surface area contributed by atoms with Crippen LogP contribution < -0.4 is 39.4 Å². The van der Waals surface area contributed by atoms with Gasteiger partial charge in [-0.3, -0.25) is 4.79 Å². The van der Waals surface area contributed by atoms with Crippen molar-refractivity contribution in [3.8, 4) is 5.75 Å². The first-order chi connectivity index (χ1) is 15.1. The molecular weight excluding hydrogens is 435 g/mol. The summed E-state index contributed by atoms with van der Waals surface area (Å²) < 4.78 is 13.6. The molecule has 1 aliphatic carbocycles. The van der Waals surface area contributed by atoms with Crippen molar-refractivity contribution >= 4 is 40.1 Å². The van der Waals surface area contributed by atoms with Crippen LogP contribution in [0.5, 0.6) is 5.75 Å². The van der Waals surface area contributed by atoms with Gasteiger partial charge in [-0.2, -0.15) is 8.75 Å².